The first-order chi connectivity index (χ1) is 15.8. The van der Waals surface area contributed by atoms with Crippen LogP contribution in [0.2, 0.25) is 0 Å². The van der Waals surface area contributed by atoms with E-state index in [1.807, 2.05) is 44.2 Å². The molecule has 0 aromatic heterocycles. The standard InChI is InChI=1S/C26H22F2N2O2S/c1-16-3-7-19(8-4-16)24(31)30-11-12-33-26(30)20-13-17(2)5-10-23(20)29(25(26)32)15-18-6-9-21(27)22(28)14-18/h3-10,13-14H,11-12,15H2,1-2H3/t26-/m1/s1. The number of nitrogens with zero attached hydrogens (tertiary/aromatic N) is 2. The summed E-state index contributed by atoms with van der Waals surface area (Å²) >= 11 is 1.45. The van der Waals surface area contributed by atoms with E-state index in [0.29, 0.717) is 29.1 Å². The average Bonchev–Trinajstić information content (AvgIpc) is 3.33. The van der Waals surface area contributed by atoms with E-state index >= 15 is 0 Å². The van der Waals surface area contributed by atoms with E-state index in [2.05, 4.69) is 0 Å². The molecule has 2 aliphatic rings. The Morgan fingerprint density at radius 2 is 1.70 bits per heavy atom. The largest absolute Gasteiger partial charge is 0.311 e. The molecule has 7 heteroatoms. The zero-order chi connectivity index (χ0) is 23.3. The number of aryl methyl sites for hydroxylation is 2. The Bertz CT molecular complexity index is 1280. The van der Waals surface area contributed by atoms with Gasteiger partial charge in [0.25, 0.3) is 11.8 Å². The molecule has 2 amide bonds. The van der Waals surface area contributed by atoms with Gasteiger partial charge >= 0.3 is 0 Å². The molecule has 2 aliphatic heterocycles. The smallest absolute Gasteiger partial charge is 0.268 e. The minimum atomic E-state index is -1.18. The van der Waals surface area contributed by atoms with Crippen molar-refractivity contribution in [3.8, 4) is 0 Å². The van der Waals surface area contributed by atoms with E-state index in [1.165, 1.54) is 17.8 Å². The molecule has 3 aromatic carbocycles. The van der Waals surface area contributed by atoms with Crippen LogP contribution in [0.1, 0.15) is 32.6 Å². The number of fused-ring (bicyclic) bond motifs is 2. The highest BCUT2D eigenvalue weighted by molar-refractivity contribution is 8.01. The van der Waals surface area contributed by atoms with Gasteiger partial charge in [-0.25, -0.2) is 8.78 Å². The molecule has 0 bridgehead atoms. The summed E-state index contributed by atoms with van der Waals surface area (Å²) in [6.45, 7) is 4.43. The van der Waals surface area contributed by atoms with Crippen molar-refractivity contribution in [3.05, 3.63) is 100 Å². The number of carbonyl (C=O) groups excluding carboxylic acids is 2. The van der Waals surface area contributed by atoms with Gasteiger partial charge in [-0.3, -0.25) is 9.59 Å². The van der Waals surface area contributed by atoms with Gasteiger partial charge in [-0.1, -0.05) is 41.5 Å². The average molecular weight is 465 g/mol. The lowest BCUT2D eigenvalue weighted by Crippen LogP contribution is -2.50. The van der Waals surface area contributed by atoms with Crippen molar-refractivity contribution in [1.29, 1.82) is 0 Å². The Morgan fingerprint density at radius 3 is 2.42 bits per heavy atom. The second kappa shape index (κ2) is 7.99. The van der Waals surface area contributed by atoms with Crippen LogP contribution < -0.4 is 4.90 Å². The predicted molar refractivity (Wildman–Crippen MR) is 125 cm³/mol. The van der Waals surface area contributed by atoms with Gasteiger partial charge in [0.1, 0.15) is 0 Å². The minimum Gasteiger partial charge on any atom is -0.311 e. The Hall–Kier alpha value is -3.19. The van der Waals surface area contributed by atoms with Gasteiger partial charge in [-0.05, 0) is 49.7 Å². The maximum atomic E-state index is 14.0. The Kier molecular flexibility index (Phi) is 5.24. The van der Waals surface area contributed by atoms with E-state index in [-0.39, 0.29) is 18.4 Å². The minimum absolute atomic E-state index is 0.0843. The summed E-state index contributed by atoms with van der Waals surface area (Å²) in [7, 11) is 0. The van der Waals surface area contributed by atoms with Gasteiger partial charge in [-0.15, -0.1) is 11.8 Å². The lowest BCUT2D eigenvalue weighted by atomic mass is 10.0. The molecule has 0 radical (unpaired) electrons. The van der Waals surface area contributed by atoms with Crippen molar-refractivity contribution in [2.24, 2.45) is 0 Å². The molecule has 0 aliphatic carbocycles. The maximum Gasteiger partial charge on any atom is 0.268 e. The quantitative estimate of drug-likeness (QED) is 0.537. The zero-order valence-corrected chi connectivity index (χ0v) is 19.1. The van der Waals surface area contributed by atoms with E-state index < -0.39 is 16.5 Å². The third-order valence-corrected chi connectivity index (χ3v) is 7.64. The normalized spacial score (nSPS) is 19.5. The number of hydrogen-bond donors (Lipinski definition) is 0. The second-order valence-corrected chi connectivity index (χ2v) is 9.76. The first-order valence-electron chi connectivity index (χ1n) is 10.7. The molecule has 1 spiro atoms. The number of thioether (sulfide) groups is 1. The van der Waals surface area contributed by atoms with Gasteiger partial charge < -0.3 is 9.80 Å². The highest BCUT2D eigenvalue weighted by Gasteiger charge is 2.59. The van der Waals surface area contributed by atoms with Crippen LogP contribution in [-0.4, -0.2) is 29.0 Å². The molecule has 1 atom stereocenters. The summed E-state index contributed by atoms with van der Waals surface area (Å²) in [6, 6.07) is 16.7. The van der Waals surface area contributed by atoms with E-state index in [1.54, 1.807) is 21.9 Å². The molecule has 2 heterocycles. The maximum absolute atomic E-state index is 14.0. The van der Waals surface area contributed by atoms with Gasteiger partial charge in [0.15, 0.2) is 16.5 Å². The van der Waals surface area contributed by atoms with Gasteiger partial charge in [0.2, 0.25) is 0 Å². The lowest BCUT2D eigenvalue weighted by Gasteiger charge is -2.33. The fourth-order valence-electron chi connectivity index (χ4n) is 4.56. The van der Waals surface area contributed by atoms with Crippen LogP contribution in [0.15, 0.2) is 60.7 Å². The van der Waals surface area contributed by atoms with Crippen LogP contribution in [0.4, 0.5) is 14.5 Å². The highest BCUT2D eigenvalue weighted by Crippen LogP contribution is 2.55. The molecule has 0 unspecified atom stereocenters. The third kappa shape index (κ3) is 3.42. The summed E-state index contributed by atoms with van der Waals surface area (Å²) < 4.78 is 27.3. The van der Waals surface area contributed by atoms with Crippen molar-refractivity contribution >= 4 is 29.3 Å². The molecule has 0 N–H and O–H groups in total. The van der Waals surface area contributed by atoms with Crippen molar-refractivity contribution in [2.75, 3.05) is 17.2 Å². The molecule has 1 saturated heterocycles. The number of halogens is 2. The molecule has 1 fully saturated rings. The molecular weight excluding hydrogens is 442 g/mol. The predicted octanol–water partition coefficient (Wildman–Crippen LogP) is 5.17. The van der Waals surface area contributed by atoms with Crippen LogP contribution in [0.25, 0.3) is 0 Å². The SMILES string of the molecule is Cc1ccc(C(=O)N2CCS[C@]23C(=O)N(Cc2ccc(F)c(F)c2)c2ccc(C)cc23)cc1. The molecule has 3 aromatic rings. The number of carbonyl (C=O) groups is 2. The Morgan fingerprint density at radius 1 is 0.970 bits per heavy atom. The third-order valence-electron chi connectivity index (χ3n) is 6.22. The molecule has 0 saturated carbocycles. The lowest BCUT2D eigenvalue weighted by molar-refractivity contribution is -0.123. The number of benzene rings is 3. The van der Waals surface area contributed by atoms with Crippen molar-refractivity contribution in [2.45, 2.75) is 25.3 Å². The summed E-state index contributed by atoms with van der Waals surface area (Å²) in [5.41, 5.74) is 4.48. The second-order valence-electron chi connectivity index (χ2n) is 8.48. The molecule has 168 valence electrons. The van der Waals surface area contributed by atoms with Crippen LogP contribution in [0, 0.1) is 25.5 Å². The number of hydrogen-bond acceptors (Lipinski definition) is 3. The van der Waals surface area contributed by atoms with Crippen LogP contribution in [0.3, 0.4) is 0 Å². The van der Waals surface area contributed by atoms with Crippen molar-refractivity contribution < 1.29 is 18.4 Å². The summed E-state index contributed by atoms with van der Waals surface area (Å²) in [4.78, 5) is 29.6. The molecule has 5 rings (SSSR count). The zero-order valence-electron chi connectivity index (χ0n) is 18.3. The molecular formula is C26H22F2N2O2S. The number of anilines is 1. The van der Waals surface area contributed by atoms with E-state index in [9.17, 15) is 18.4 Å². The summed E-state index contributed by atoms with van der Waals surface area (Å²) in [5.74, 6) is -1.70. The van der Waals surface area contributed by atoms with Crippen LogP contribution >= 0.6 is 11.8 Å². The number of rotatable bonds is 3. The van der Waals surface area contributed by atoms with Crippen LogP contribution in [-0.2, 0) is 16.2 Å². The monoisotopic (exact) mass is 464 g/mol. The van der Waals surface area contributed by atoms with E-state index in [0.717, 1.165) is 28.8 Å². The first-order valence-corrected chi connectivity index (χ1v) is 11.7. The highest BCUT2D eigenvalue weighted by atomic mass is 32.2. The fourth-order valence-corrected chi connectivity index (χ4v) is 6.01. The summed E-state index contributed by atoms with van der Waals surface area (Å²) in [5, 5.41) is 0. The first kappa shape index (κ1) is 21.6. The molecule has 4 nitrogen and oxygen atoms in total. The van der Waals surface area contributed by atoms with Gasteiger partial charge in [-0.2, -0.15) is 0 Å². The van der Waals surface area contributed by atoms with E-state index in [4.69, 9.17) is 0 Å². The van der Waals surface area contributed by atoms with Gasteiger partial charge in [0.05, 0.1) is 12.2 Å². The van der Waals surface area contributed by atoms with Crippen molar-refractivity contribution in [1.82, 2.24) is 4.90 Å². The Labute approximate surface area is 195 Å². The molecule has 33 heavy (non-hydrogen) atoms. The Balaban J connectivity index is 1.59. The van der Waals surface area contributed by atoms with Crippen LogP contribution in [0.5, 0.6) is 0 Å². The van der Waals surface area contributed by atoms with Crippen molar-refractivity contribution in [3.63, 3.8) is 0 Å². The topological polar surface area (TPSA) is 40.6 Å². The number of amides is 2. The van der Waals surface area contributed by atoms with Gasteiger partial charge in [0, 0.05) is 23.4 Å². The summed E-state index contributed by atoms with van der Waals surface area (Å²) in [6.07, 6.45) is 0. The fraction of sp³-hybridized carbons (Fsp3) is 0.231.